The predicted octanol–water partition coefficient (Wildman–Crippen LogP) is 4.22. The topological polar surface area (TPSA) is 96.4 Å². The first kappa shape index (κ1) is 30.2. The first-order chi connectivity index (χ1) is 19.2. The highest BCUT2D eigenvalue weighted by atomic mass is 32.2. The SMILES string of the molecule is C=CCCCCOC(=O)[C@@H]1[C@@H]2CCC3(S2)C(C(=O)N(CC=C)c2ccc(OC)cc2)N([C@@H](CO)C(C)C)C(=O)[C@H]13. The third-order valence-electron chi connectivity index (χ3n) is 8.57. The van der Waals surface area contributed by atoms with E-state index in [1.807, 2.05) is 32.1 Å². The van der Waals surface area contributed by atoms with Gasteiger partial charge in [0.05, 0.1) is 42.9 Å². The zero-order valence-corrected chi connectivity index (χ0v) is 24.6. The van der Waals surface area contributed by atoms with E-state index >= 15 is 0 Å². The minimum Gasteiger partial charge on any atom is -0.497 e. The monoisotopic (exact) mass is 570 g/mol. The average Bonchev–Trinajstić information content (AvgIpc) is 3.59. The number of anilines is 1. The van der Waals surface area contributed by atoms with Gasteiger partial charge in [-0.25, -0.2) is 0 Å². The summed E-state index contributed by atoms with van der Waals surface area (Å²) in [6, 6.07) is 5.82. The fraction of sp³-hybridized carbons (Fsp3) is 0.581. The number of ether oxygens (including phenoxy) is 2. The Morgan fingerprint density at radius 2 is 1.95 bits per heavy atom. The van der Waals surface area contributed by atoms with Crippen LogP contribution in [0.5, 0.6) is 5.75 Å². The van der Waals surface area contributed by atoms with Gasteiger partial charge in [-0.05, 0) is 62.3 Å². The van der Waals surface area contributed by atoms with E-state index in [0.29, 0.717) is 24.5 Å². The van der Waals surface area contributed by atoms with Crippen LogP contribution in [0.4, 0.5) is 5.69 Å². The number of aliphatic hydroxyl groups excluding tert-OH is 1. The number of fused-ring (bicyclic) bond motifs is 1. The molecule has 0 radical (unpaired) electrons. The summed E-state index contributed by atoms with van der Waals surface area (Å²) in [5.74, 6) is -1.51. The molecular formula is C31H42N2O6S. The van der Waals surface area contributed by atoms with E-state index in [9.17, 15) is 19.5 Å². The van der Waals surface area contributed by atoms with Gasteiger partial charge in [-0.1, -0.05) is 26.0 Å². The van der Waals surface area contributed by atoms with Gasteiger partial charge in [0.15, 0.2) is 0 Å². The summed E-state index contributed by atoms with van der Waals surface area (Å²) in [6.45, 7) is 11.7. The minimum absolute atomic E-state index is 0.0763. The number of benzene rings is 1. The molecule has 6 atom stereocenters. The Balaban J connectivity index is 1.71. The molecule has 218 valence electrons. The lowest BCUT2D eigenvalue weighted by atomic mass is 9.71. The van der Waals surface area contributed by atoms with Crippen LogP contribution >= 0.6 is 11.8 Å². The molecule has 0 aliphatic carbocycles. The van der Waals surface area contributed by atoms with E-state index < -0.39 is 28.7 Å². The summed E-state index contributed by atoms with van der Waals surface area (Å²) >= 11 is 1.60. The van der Waals surface area contributed by atoms with Gasteiger partial charge in [0.1, 0.15) is 11.8 Å². The largest absolute Gasteiger partial charge is 0.497 e. The number of thioether (sulfide) groups is 1. The van der Waals surface area contributed by atoms with Crippen LogP contribution in [0.2, 0.25) is 0 Å². The summed E-state index contributed by atoms with van der Waals surface area (Å²) in [7, 11) is 1.58. The van der Waals surface area contributed by atoms with Gasteiger partial charge in [0.25, 0.3) is 5.91 Å². The molecule has 1 spiro atoms. The summed E-state index contributed by atoms with van der Waals surface area (Å²) in [4.78, 5) is 45.6. The second kappa shape index (κ2) is 12.8. The molecule has 3 fully saturated rings. The van der Waals surface area contributed by atoms with E-state index in [1.165, 1.54) is 0 Å². The number of unbranched alkanes of at least 4 members (excludes halogenated alkanes) is 2. The second-order valence-corrected chi connectivity index (χ2v) is 12.8. The van der Waals surface area contributed by atoms with Crippen molar-refractivity contribution >= 4 is 35.2 Å². The number of esters is 1. The maximum Gasteiger partial charge on any atom is 0.310 e. The molecule has 2 bridgehead atoms. The number of allylic oxidation sites excluding steroid dienone is 1. The van der Waals surface area contributed by atoms with Crippen molar-refractivity contribution in [2.24, 2.45) is 17.8 Å². The molecule has 4 rings (SSSR count). The van der Waals surface area contributed by atoms with E-state index in [4.69, 9.17) is 9.47 Å². The first-order valence-electron chi connectivity index (χ1n) is 14.2. The normalized spacial score (nSPS) is 27.4. The van der Waals surface area contributed by atoms with Gasteiger partial charge in [-0.2, -0.15) is 0 Å². The molecule has 3 heterocycles. The molecule has 9 heteroatoms. The van der Waals surface area contributed by atoms with Crippen molar-refractivity contribution in [3.05, 3.63) is 49.6 Å². The third kappa shape index (κ3) is 5.30. The number of aliphatic hydroxyl groups is 1. The van der Waals surface area contributed by atoms with E-state index in [-0.39, 0.29) is 42.1 Å². The molecule has 2 amide bonds. The van der Waals surface area contributed by atoms with E-state index in [1.54, 1.807) is 46.9 Å². The van der Waals surface area contributed by atoms with Gasteiger partial charge in [0, 0.05) is 17.5 Å². The molecule has 1 aromatic rings. The summed E-state index contributed by atoms with van der Waals surface area (Å²) < 4.78 is 10.2. The summed E-state index contributed by atoms with van der Waals surface area (Å²) in [5, 5.41) is 10.4. The van der Waals surface area contributed by atoms with Gasteiger partial charge in [-0.3, -0.25) is 14.4 Å². The lowest BCUT2D eigenvalue weighted by Gasteiger charge is -2.40. The predicted molar refractivity (Wildman–Crippen MR) is 157 cm³/mol. The number of rotatable bonds is 14. The van der Waals surface area contributed by atoms with Crippen LogP contribution in [-0.4, -0.2) is 76.7 Å². The highest BCUT2D eigenvalue weighted by Crippen LogP contribution is 2.67. The fourth-order valence-electron chi connectivity index (χ4n) is 6.64. The quantitative estimate of drug-likeness (QED) is 0.203. The number of likely N-dealkylation sites (tertiary alicyclic amines) is 1. The van der Waals surface area contributed by atoms with Crippen LogP contribution in [0.15, 0.2) is 49.6 Å². The van der Waals surface area contributed by atoms with Gasteiger partial charge >= 0.3 is 5.97 Å². The fourth-order valence-corrected chi connectivity index (χ4v) is 8.82. The van der Waals surface area contributed by atoms with Crippen molar-refractivity contribution in [2.45, 2.75) is 68.0 Å². The zero-order valence-electron chi connectivity index (χ0n) is 23.8. The third-order valence-corrected chi connectivity index (χ3v) is 10.5. The molecule has 0 aromatic heterocycles. The number of hydrogen-bond acceptors (Lipinski definition) is 7. The number of amides is 2. The van der Waals surface area contributed by atoms with Crippen LogP contribution in [0.25, 0.3) is 0 Å². The molecule has 3 aliphatic rings. The Bertz CT molecular complexity index is 1110. The maximum absolute atomic E-state index is 14.6. The molecule has 0 saturated carbocycles. The van der Waals surface area contributed by atoms with Crippen molar-refractivity contribution in [3.63, 3.8) is 0 Å². The standard InChI is InChI=1S/C31H42N2O6S/c1-6-8-9-10-18-39-30(37)25-24-15-16-31(40-24)26(25)28(35)33(23(19-34)20(3)4)27(31)29(36)32(17-7-2)21-11-13-22(38-5)14-12-21/h6-7,11-14,20,23-27,34H,1-2,8-10,15-19H2,3-5H3/t23-,24-,25+,26-,27?,31?/m0/s1. The highest BCUT2D eigenvalue weighted by molar-refractivity contribution is 8.02. The molecule has 1 N–H and O–H groups in total. The Kier molecular flexibility index (Phi) is 9.67. The smallest absolute Gasteiger partial charge is 0.310 e. The van der Waals surface area contributed by atoms with E-state index in [0.717, 1.165) is 25.7 Å². The molecule has 8 nitrogen and oxygen atoms in total. The first-order valence-corrected chi connectivity index (χ1v) is 15.1. The Hall–Kier alpha value is -2.78. The number of carbonyl (C=O) groups excluding carboxylic acids is 3. The van der Waals surface area contributed by atoms with Crippen LogP contribution in [0.1, 0.15) is 46.0 Å². The number of nitrogens with zero attached hydrogens (tertiary/aromatic N) is 2. The van der Waals surface area contributed by atoms with Crippen LogP contribution in [0.3, 0.4) is 0 Å². The van der Waals surface area contributed by atoms with Crippen LogP contribution < -0.4 is 9.64 Å². The average molecular weight is 571 g/mol. The molecule has 40 heavy (non-hydrogen) atoms. The zero-order chi connectivity index (χ0) is 29.0. The van der Waals surface area contributed by atoms with Crippen LogP contribution in [0, 0.1) is 17.8 Å². The number of carbonyl (C=O) groups is 3. The van der Waals surface area contributed by atoms with Crippen molar-refractivity contribution in [3.8, 4) is 5.75 Å². The van der Waals surface area contributed by atoms with Gasteiger partial charge in [-0.15, -0.1) is 24.9 Å². The van der Waals surface area contributed by atoms with Gasteiger partial charge < -0.3 is 24.4 Å². The summed E-state index contributed by atoms with van der Waals surface area (Å²) in [5.41, 5.74) is 0.663. The van der Waals surface area contributed by atoms with E-state index in [2.05, 4.69) is 13.2 Å². The maximum atomic E-state index is 14.6. The molecular weight excluding hydrogens is 528 g/mol. The lowest BCUT2D eigenvalue weighted by molar-refractivity contribution is -0.154. The molecule has 1 aromatic carbocycles. The van der Waals surface area contributed by atoms with Crippen molar-refractivity contribution in [1.82, 2.24) is 4.90 Å². The highest BCUT2D eigenvalue weighted by Gasteiger charge is 2.75. The molecule has 2 unspecified atom stereocenters. The Labute approximate surface area is 241 Å². The van der Waals surface area contributed by atoms with Crippen molar-refractivity contribution in [2.75, 3.05) is 31.8 Å². The second-order valence-electron chi connectivity index (χ2n) is 11.2. The van der Waals surface area contributed by atoms with Crippen LogP contribution in [-0.2, 0) is 19.1 Å². The number of hydrogen-bond donors (Lipinski definition) is 1. The molecule has 3 aliphatic heterocycles. The number of methoxy groups -OCH3 is 1. The van der Waals surface area contributed by atoms with Crippen molar-refractivity contribution < 1.29 is 29.0 Å². The molecule has 3 saturated heterocycles. The van der Waals surface area contributed by atoms with Crippen molar-refractivity contribution in [1.29, 1.82) is 0 Å². The Morgan fingerprint density at radius 3 is 2.55 bits per heavy atom. The summed E-state index contributed by atoms with van der Waals surface area (Å²) in [6.07, 6.45) is 7.36. The lowest BCUT2D eigenvalue weighted by Crippen LogP contribution is -2.58. The minimum atomic E-state index is -0.827. The Morgan fingerprint density at radius 1 is 1.23 bits per heavy atom. The van der Waals surface area contributed by atoms with Gasteiger partial charge in [0.2, 0.25) is 5.91 Å².